The van der Waals surface area contributed by atoms with E-state index in [-0.39, 0.29) is 5.63 Å². The first-order valence-corrected chi connectivity index (χ1v) is 8.03. The number of methoxy groups -OCH3 is 2. The highest BCUT2D eigenvalue weighted by atomic mass is 16.5. The number of hydrogen-bond acceptors (Lipinski definition) is 4. The smallest absolute Gasteiger partial charge is 0.339 e. The lowest BCUT2D eigenvalue weighted by molar-refractivity contribution is 0.392. The van der Waals surface area contributed by atoms with Crippen LogP contribution in [0.25, 0.3) is 11.0 Å². The van der Waals surface area contributed by atoms with Crippen molar-refractivity contribution in [3.8, 4) is 11.5 Å². The van der Waals surface area contributed by atoms with Crippen molar-refractivity contribution >= 4 is 11.0 Å². The average molecular weight is 336 g/mol. The molecule has 4 nitrogen and oxygen atoms in total. The molecule has 0 aliphatic rings. The molecule has 0 unspecified atom stereocenters. The molecule has 0 bridgehead atoms. The molecule has 0 fully saturated rings. The summed E-state index contributed by atoms with van der Waals surface area (Å²) in [6, 6.07) is 13.5. The van der Waals surface area contributed by atoms with Gasteiger partial charge in [0.15, 0.2) is 0 Å². The molecule has 0 amide bonds. The van der Waals surface area contributed by atoms with Gasteiger partial charge in [0.2, 0.25) is 0 Å². The summed E-state index contributed by atoms with van der Waals surface area (Å²) in [7, 11) is 3.17. The van der Waals surface area contributed by atoms with Gasteiger partial charge in [0.05, 0.1) is 19.6 Å². The molecule has 0 saturated carbocycles. The van der Waals surface area contributed by atoms with Crippen LogP contribution in [0.1, 0.15) is 16.7 Å². The zero-order chi connectivity index (χ0) is 17.8. The summed E-state index contributed by atoms with van der Waals surface area (Å²) < 4.78 is 16.6. The van der Waals surface area contributed by atoms with Crippen LogP contribution in [0.15, 0.2) is 64.3 Å². The van der Waals surface area contributed by atoms with Crippen molar-refractivity contribution < 1.29 is 13.9 Å². The zero-order valence-electron chi connectivity index (χ0n) is 14.4. The molecule has 0 aliphatic heterocycles. The van der Waals surface area contributed by atoms with Crippen molar-refractivity contribution in [1.82, 2.24) is 0 Å². The van der Waals surface area contributed by atoms with Crippen LogP contribution >= 0.6 is 0 Å². The quantitative estimate of drug-likeness (QED) is 0.502. The van der Waals surface area contributed by atoms with E-state index >= 15 is 0 Å². The molecule has 2 aromatic carbocycles. The standard InChI is InChI=1S/C21H20O4/c1-4-8-16-18(23-2)13-19(24-3)17-12-15(21(22)25-20(16)17)11-14-9-6-5-7-10-14/h4-7,9-10,12-13H,1,8,11H2,2-3H3. The molecule has 1 heterocycles. The van der Waals surface area contributed by atoms with Gasteiger partial charge in [0.25, 0.3) is 0 Å². The minimum atomic E-state index is -0.350. The Hall–Kier alpha value is -3.01. The van der Waals surface area contributed by atoms with Crippen LogP contribution in [0.4, 0.5) is 0 Å². The fourth-order valence-electron chi connectivity index (χ4n) is 2.94. The van der Waals surface area contributed by atoms with Gasteiger partial charge in [-0.2, -0.15) is 0 Å². The summed E-state index contributed by atoms with van der Waals surface area (Å²) >= 11 is 0. The maximum atomic E-state index is 12.5. The number of hydrogen-bond donors (Lipinski definition) is 0. The second kappa shape index (κ2) is 7.26. The number of ether oxygens (including phenoxy) is 2. The Morgan fingerprint density at radius 1 is 1.08 bits per heavy atom. The van der Waals surface area contributed by atoms with Crippen LogP contribution in [0.2, 0.25) is 0 Å². The summed E-state index contributed by atoms with van der Waals surface area (Å²) in [5, 5.41) is 0.755. The predicted molar refractivity (Wildman–Crippen MR) is 98.7 cm³/mol. The minimum absolute atomic E-state index is 0.350. The van der Waals surface area contributed by atoms with E-state index < -0.39 is 0 Å². The molecule has 0 aliphatic carbocycles. The van der Waals surface area contributed by atoms with E-state index in [4.69, 9.17) is 13.9 Å². The van der Waals surface area contributed by atoms with Crippen molar-refractivity contribution in [3.63, 3.8) is 0 Å². The van der Waals surface area contributed by atoms with E-state index in [0.29, 0.717) is 35.5 Å². The minimum Gasteiger partial charge on any atom is -0.496 e. The Balaban J connectivity index is 2.22. The molecule has 4 heteroatoms. The normalized spacial score (nSPS) is 10.6. The zero-order valence-corrected chi connectivity index (χ0v) is 14.4. The van der Waals surface area contributed by atoms with Gasteiger partial charge >= 0.3 is 5.63 Å². The molecular formula is C21H20O4. The Labute approximate surface area is 146 Å². The second-order valence-corrected chi connectivity index (χ2v) is 5.72. The maximum absolute atomic E-state index is 12.5. The van der Waals surface area contributed by atoms with Gasteiger partial charge in [-0.25, -0.2) is 4.79 Å². The summed E-state index contributed by atoms with van der Waals surface area (Å²) in [5.41, 5.74) is 2.56. The van der Waals surface area contributed by atoms with Crippen molar-refractivity contribution in [1.29, 1.82) is 0 Å². The summed E-state index contributed by atoms with van der Waals surface area (Å²) in [6.07, 6.45) is 2.79. The van der Waals surface area contributed by atoms with E-state index in [1.807, 2.05) is 42.5 Å². The first-order chi connectivity index (χ1) is 12.2. The van der Waals surface area contributed by atoms with Gasteiger partial charge in [-0.05, 0) is 18.1 Å². The average Bonchev–Trinajstić information content (AvgIpc) is 2.64. The fraction of sp³-hybridized carbons (Fsp3) is 0.190. The highest BCUT2D eigenvalue weighted by Gasteiger charge is 2.17. The van der Waals surface area contributed by atoms with Gasteiger partial charge in [-0.1, -0.05) is 36.4 Å². The highest BCUT2D eigenvalue weighted by Crippen LogP contribution is 2.36. The van der Waals surface area contributed by atoms with Crippen LogP contribution in [0, 0.1) is 0 Å². The lowest BCUT2D eigenvalue weighted by atomic mass is 10.0. The monoisotopic (exact) mass is 336 g/mol. The van der Waals surface area contributed by atoms with E-state index in [9.17, 15) is 4.79 Å². The van der Waals surface area contributed by atoms with E-state index in [1.165, 1.54) is 0 Å². The third-order valence-corrected chi connectivity index (χ3v) is 4.14. The van der Waals surface area contributed by atoms with Gasteiger partial charge in [0.1, 0.15) is 17.1 Å². The number of fused-ring (bicyclic) bond motifs is 1. The fourth-order valence-corrected chi connectivity index (χ4v) is 2.94. The molecule has 0 atom stereocenters. The predicted octanol–water partition coefficient (Wildman–Crippen LogP) is 4.13. The van der Waals surface area contributed by atoms with Crippen LogP contribution < -0.4 is 15.1 Å². The maximum Gasteiger partial charge on any atom is 0.339 e. The van der Waals surface area contributed by atoms with E-state index in [2.05, 4.69) is 6.58 Å². The Bertz CT molecular complexity index is 955. The molecular weight excluding hydrogens is 316 g/mol. The molecule has 0 saturated heterocycles. The van der Waals surface area contributed by atoms with E-state index in [1.54, 1.807) is 20.3 Å². The molecule has 25 heavy (non-hydrogen) atoms. The Morgan fingerprint density at radius 3 is 2.44 bits per heavy atom. The molecule has 3 rings (SSSR count). The number of rotatable bonds is 6. The van der Waals surface area contributed by atoms with E-state index in [0.717, 1.165) is 16.5 Å². The van der Waals surface area contributed by atoms with Crippen molar-refractivity contribution in [2.45, 2.75) is 12.8 Å². The van der Waals surface area contributed by atoms with Crippen LogP contribution in [-0.4, -0.2) is 14.2 Å². The molecule has 3 aromatic rings. The number of benzene rings is 2. The Kier molecular flexibility index (Phi) is 4.89. The third kappa shape index (κ3) is 3.29. The third-order valence-electron chi connectivity index (χ3n) is 4.14. The Morgan fingerprint density at radius 2 is 1.80 bits per heavy atom. The molecule has 0 spiro atoms. The largest absolute Gasteiger partial charge is 0.496 e. The molecule has 0 N–H and O–H groups in total. The van der Waals surface area contributed by atoms with Crippen LogP contribution in [-0.2, 0) is 12.8 Å². The van der Waals surface area contributed by atoms with Gasteiger partial charge in [-0.15, -0.1) is 6.58 Å². The SMILES string of the molecule is C=CCc1c(OC)cc(OC)c2cc(Cc3ccccc3)c(=O)oc12. The lowest BCUT2D eigenvalue weighted by Crippen LogP contribution is -2.09. The highest BCUT2D eigenvalue weighted by molar-refractivity contribution is 5.89. The first kappa shape index (κ1) is 16.8. The van der Waals surface area contributed by atoms with Crippen molar-refractivity contribution in [2.24, 2.45) is 0 Å². The summed E-state index contributed by atoms with van der Waals surface area (Å²) in [4.78, 5) is 12.5. The second-order valence-electron chi connectivity index (χ2n) is 5.72. The van der Waals surface area contributed by atoms with Crippen molar-refractivity contribution in [3.05, 3.63) is 82.2 Å². The van der Waals surface area contributed by atoms with Crippen LogP contribution in [0.3, 0.4) is 0 Å². The van der Waals surface area contributed by atoms with Crippen LogP contribution in [0.5, 0.6) is 11.5 Å². The van der Waals surface area contributed by atoms with Gasteiger partial charge in [0, 0.05) is 23.6 Å². The number of allylic oxidation sites excluding steroid dienone is 1. The molecule has 128 valence electrons. The van der Waals surface area contributed by atoms with Gasteiger partial charge < -0.3 is 13.9 Å². The van der Waals surface area contributed by atoms with Crippen molar-refractivity contribution in [2.75, 3.05) is 14.2 Å². The lowest BCUT2D eigenvalue weighted by Gasteiger charge is -2.14. The topological polar surface area (TPSA) is 48.7 Å². The summed E-state index contributed by atoms with van der Waals surface area (Å²) in [5.74, 6) is 1.22. The first-order valence-electron chi connectivity index (χ1n) is 8.03. The molecule has 0 radical (unpaired) electrons. The molecule has 1 aromatic heterocycles. The summed E-state index contributed by atoms with van der Waals surface area (Å²) in [6.45, 7) is 3.77. The van der Waals surface area contributed by atoms with Gasteiger partial charge in [-0.3, -0.25) is 0 Å².